The fraction of sp³-hybridized carbons (Fsp3) is 0.882. The van der Waals surface area contributed by atoms with Gasteiger partial charge in [-0.3, -0.25) is 0 Å². The lowest BCUT2D eigenvalue weighted by Gasteiger charge is -2.36. The van der Waals surface area contributed by atoms with E-state index in [4.69, 9.17) is 9.47 Å². The van der Waals surface area contributed by atoms with Gasteiger partial charge in [0.05, 0.1) is 12.7 Å². The highest BCUT2D eigenvalue weighted by Gasteiger charge is 2.40. The molecule has 0 aromatic rings. The molecule has 114 valence electrons. The van der Waals surface area contributed by atoms with Gasteiger partial charge in [-0.15, -0.1) is 0 Å². The molecule has 0 bridgehead atoms. The Bertz CT molecular complexity index is 362. The normalized spacial score (nSPS) is 43.0. The molecule has 0 spiro atoms. The Hall–Kier alpha value is -0.380. The molecule has 2 saturated heterocycles. The number of hydrogen-bond donors (Lipinski definition) is 0. The monoisotopic (exact) mass is 279 g/mol. The molecular weight excluding hydrogens is 250 g/mol. The van der Waals surface area contributed by atoms with Gasteiger partial charge < -0.3 is 14.4 Å². The summed E-state index contributed by atoms with van der Waals surface area (Å²) in [5.74, 6) is 1.74. The maximum atomic E-state index is 6.25. The molecule has 3 nitrogen and oxygen atoms in total. The number of likely N-dealkylation sites (tertiary alicyclic amines) is 1. The van der Waals surface area contributed by atoms with Crippen LogP contribution in [0.2, 0.25) is 0 Å². The number of nitrogens with zero attached hydrogens (tertiary/aromatic N) is 1. The van der Waals surface area contributed by atoms with Gasteiger partial charge in [-0.2, -0.15) is 0 Å². The minimum atomic E-state index is 0.0111. The average molecular weight is 279 g/mol. The Balaban J connectivity index is 1.56. The van der Waals surface area contributed by atoms with Crippen molar-refractivity contribution in [2.45, 2.75) is 52.4 Å². The van der Waals surface area contributed by atoms with E-state index in [0.29, 0.717) is 17.8 Å². The molecule has 2 aliphatic heterocycles. The number of hydrogen-bond acceptors (Lipinski definition) is 3. The van der Waals surface area contributed by atoms with Crippen LogP contribution in [0.4, 0.5) is 0 Å². The lowest BCUT2D eigenvalue weighted by atomic mass is 9.74. The fourth-order valence-corrected chi connectivity index (χ4v) is 4.33. The van der Waals surface area contributed by atoms with Gasteiger partial charge in [0, 0.05) is 12.5 Å². The van der Waals surface area contributed by atoms with Gasteiger partial charge in [-0.05, 0) is 51.1 Å². The van der Waals surface area contributed by atoms with Crippen molar-refractivity contribution in [2.75, 3.05) is 26.2 Å². The van der Waals surface area contributed by atoms with E-state index in [2.05, 4.69) is 31.7 Å². The second kappa shape index (κ2) is 6.17. The molecule has 3 heteroatoms. The zero-order valence-electron chi connectivity index (χ0n) is 13.2. The number of rotatable bonds is 3. The highest BCUT2D eigenvalue weighted by atomic mass is 16.7. The van der Waals surface area contributed by atoms with E-state index >= 15 is 0 Å². The second-order valence-corrected chi connectivity index (χ2v) is 7.10. The third-order valence-corrected chi connectivity index (χ3v) is 5.20. The Morgan fingerprint density at radius 3 is 2.70 bits per heavy atom. The molecule has 2 heterocycles. The lowest BCUT2D eigenvalue weighted by Crippen LogP contribution is -2.36. The van der Waals surface area contributed by atoms with Crippen molar-refractivity contribution in [2.24, 2.45) is 17.8 Å². The summed E-state index contributed by atoms with van der Waals surface area (Å²) >= 11 is 0. The second-order valence-electron chi connectivity index (χ2n) is 7.10. The molecule has 0 unspecified atom stereocenters. The molecule has 0 radical (unpaired) electrons. The van der Waals surface area contributed by atoms with Crippen molar-refractivity contribution in [1.29, 1.82) is 0 Å². The first kappa shape index (κ1) is 14.6. The van der Waals surface area contributed by atoms with Gasteiger partial charge in [0.15, 0.2) is 6.29 Å². The third kappa shape index (κ3) is 3.10. The minimum Gasteiger partial charge on any atom is -0.350 e. The summed E-state index contributed by atoms with van der Waals surface area (Å²) in [5, 5.41) is 0. The number of allylic oxidation sites excluding steroid dienone is 2. The highest BCUT2D eigenvalue weighted by Crippen LogP contribution is 2.39. The molecule has 3 aliphatic rings. The van der Waals surface area contributed by atoms with Gasteiger partial charge in [0.1, 0.15) is 0 Å². The van der Waals surface area contributed by atoms with Gasteiger partial charge in [-0.25, -0.2) is 0 Å². The van der Waals surface area contributed by atoms with Crippen molar-refractivity contribution in [1.82, 2.24) is 4.90 Å². The van der Waals surface area contributed by atoms with Crippen LogP contribution in [0, 0.1) is 17.8 Å². The molecule has 0 aromatic heterocycles. The van der Waals surface area contributed by atoms with Crippen LogP contribution >= 0.6 is 0 Å². The molecule has 0 N–H and O–H groups in total. The maximum absolute atomic E-state index is 6.25. The Kier molecular flexibility index (Phi) is 4.49. The summed E-state index contributed by atoms with van der Waals surface area (Å²) in [5.41, 5.74) is 1.52. The Labute approximate surface area is 123 Å². The van der Waals surface area contributed by atoms with E-state index in [1.54, 1.807) is 0 Å². The van der Waals surface area contributed by atoms with E-state index in [1.165, 1.54) is 37.9 Å². The van der Waals surface area contributed by atoms with Crippen LogP contribution in [0.15, 0.2) is 11.6 Å². The van der Waals surface area contributed by atoms with Crippen LogP contribution in [0.25, 0.3) is 0 Å². The predicted octanol–water partition coefficient (Wildman–Crippen LogP) is 3.06. The quantitative estimate of drug-likeness (QED) is 0.741. The highest BCUT2D eigenvalue weighted by molar-refractivity contribution is 5.09. The van der Waals surface area contributed by atoms with E-state index in [-0.39, 0.29) is 12.4 Å². The molecule has 0 saturated carbocycles. The smallest absolute Gasteiger partial charge is 0.161 e. The first-order chi connectivity index (χ1) is 9.63. The first-order valence-corrected chi connectivity index (χ1v) is 8.30. The van der Waals surface area contributed by atoms with Crippen molar-refractivity contribution in [3.05, 3.63) is 11.6 Å². The van der Waals surface area contributed by atoms with Gasteiger partial charge >= 0.3 is 0 Å². The van der Waals surface area contributed by atoms with Crippen LogP contribution in [0.3, 0.4) is 0 Å². The van der Waals surface area contributed by atoms with Crippen molar-refractivity contribution >= 4 is 0 Å². The summed E-state index contributed by atoms with van der Waals surface area (Å²) in [7, 11) is 0. The largest absolute Gasteiger partial charge is 0.350 e. The predicted molar refractivity (Wildman–Crippen MR) is 80.5 cm³/mol. The van der Waals surface area contributed by atoms with E-state index in [0.717, 1.165) is 13.2 Å². The van der Waals surface area contributed by atoms with Gasteiger partial charge in [0.2, 0.25) is 0 Å². The Morgan fingerprint density at radius 2 is 2.00 bits per heavy atom. The van der Waals surface area contributed by atoms with Crippen LogP contribution < -0.4 is 0 Å². The molecule has 2 fully saturated rings. The van der Waals surface area contributed by atoms with E-state index in [1.807, 2.05) is 0 Å². The van der Waals surface area contributed by atoms with Crippen molar-refractivity contribution in [3.63, 3.8) is 0 Å². The third-order valence-electron chi connectivity index (χ3n) is 5.20. The molecule has 0 aromatic carbocycles. The summed E-state index contributed by atoms with van der Waals surface area (Å²) in [6.45, 7) is 11.2. The molecular formula is C17H29NO2. The van der Waals surface area contributed by atoms with E-state index < -0.39 is 0 Å². The molecule has 1 aliphatic carbocycles. The zero-order chi connectivity index (χ0) is 14.1. The topological polar surface area (TPSA) is 21.7 Å². The van der Waals surface area contributed by atoms with Crippen molar-refractivity contribution in [3.8, 4) is 0 Å². The Morgan fingerprint density at radius 1 is 1.25 bits per heavy atom. The summed E-state index contributed by atoms with van der Waals surface area (Å²) in [6, 6.07) is 0. The summed E-state index contributed by atoms with van der Waals surface area (Å²) < 4.78 is 12.3. The minimum absolute atomic E-state index is 0.0111. The number of ether oxygens (including phenoxy) is 2. The molecule has 0 amide bonds. The van der Waals surface area contributed by atoms with Crippen LogP contribution in [0.5, 0.6) is 0 Å². The first-order valence-electron chi connectivity index (χ1n) is 8.30. The average Bonchev–Trinajstić information content (AvgIpc) is 3.00. The van der Waals surface area contributed by atoms with Crippen LogP contribution in [0.1, 0.15) is 40.0 Å². The summed E-state index contributed by atoms with van der Waals surface area (Å²) in [6.07, 6.45) is 6.58. The lowest BCUT2D eigenvalue weighted by molar-refractivity contribution is -0.123. The zero-order valence-corrected chi connectivity index (χ0v) is 13.2. The van der Waals surface area contributed by atoms with Crippen molar-refractivity contribution < 1.29 is 9.47 Å². The summed E-state index contributed by atoms with van der Waals surface area (Å²) in [4.78, 5) is 2.52. The standard InChI is InChI=1S/C17H29NO2/c1-12-8-13(2)16(14(3)9-12)17-19-11-15(20-17)10-18-6-4-5-7-18/h8,13-17H,4-7,9-11H2,1-3H3/t13-,14-,15+,16+,17-/m1/s1. The van der Waals surface area contributed by atoms with Crippen LogP contribution in [-0.2, 0) is 9.47 Å². The fourth-order valence-electron chi connectivity index (χ4n) is 4.33. The molecule has 3 rings (SSSR count). The van der Waals surface area contributed by atoms with E-state index in [9.17, 15) is 0 Å². The van der Waals surface area contributed by atoms with Gasteiger partial charge in [0.25, 0.3) is 0 Å². The SMILES string of the molecule is CC1=C[C@@H](C)[C@H]([C@@H]2OC[C@H](CN3CCCC3)O2)[C@H](C)C1. The maximum Gasteiger partial charge on any atom is 0.161 e. The van der Waals surface area contributed by atoms with Gasteiger partial charge in [-0.1, -0.05) is 25.5 Å². The molecule has 5 atom stereocenters. The molecule has 20 heavy (non-hydrogen) atoms. The van der Waals surface area contributed by atoms with Crippen LogP contribution in [-0.4, -0.2) is 43.5 Å².